The Morgan fingerprint density at radius 3 is 2.81 bits per heavy atom. The summed E-state index contributed by atoms with van der Waals surface area (Å²) in [6.45, 7) is 4.10. The number of hydrogen-bond acceptors (Lipinski definition) is 3. The number of carbonyl (C=O) groups excluding carboxylic acids is 1. The van der Waals surface area contributed by atoms with Crippen LogP contribution in [0.4, 0.5) is 0 Å². The number of esters is 1. The van der Waals surface area contributed by atoms with Crippen LogP contribution in [-0.2, 0) is 9.53 Å². The van der Waals surface area contributed by atoms with E-state index in [-0.39, 0.29) is 18.0 Å². The summed E-state index contributed by atoms with van der Waals surface area (Å²) in [5.74, 6) is 0.855. The van der Waals surface area contributed by atoms with E-state index in [1.807, 2.05) is 0 Å². The molecule has 1 heterocycles. The Bertz CT molecular complexity index is 236. The standard InChI is InChI=1S/C13H23NO2/c1-10-4-2-6-12(8-10)16-13(15)11-5-3-7-14-9-11/h10-12,14H,2-9H2,1H3/t10?,11-,12?/m0/s1. The molecule has 3 nitrogen and oxygen atoms in total. The van der Waals surface area contributed by atoms with Crippen LogP contribution in [0.3, 0.4) is 0 Å². The molecule has 1 N–H and O–H groups in total. The molecule has 0 radical (unpaired) electrons. The summed E-state index contributed by atoms with van der Waals surface area (Å²) in [6, 6.07) is 0. The Labute approximate surface area is 97.9 Å². The number of carbonyl (C=O) groups is 1. The molecule has 2 aliphatic rings. The fraction of sp³-hybridized carbons (Fsp3) is 0.923. The Hall–Kier alpha value is -0.570. The van der Waals surface area contributed by atoms with Crippen LogP contribution in [0.15, 0.2) is 0 Å². The van der Waals surface area contributed by atoms with E-state index in [0.29, 0.717) is 0 Å². The Kier molecular flexibility index (Phi) is 4.22. The van der Waals surface area contributed by atoms with Crippen LogP contribution in [0.1, 0.15) is 45.4 Å². The molecule has 0 spiro atoms. The highest BCUT2D eigenvalue weighted by atomic mass is 16.5. The van der Waals surface area contributed by atoms with Gasteiger partial charge in [-0.3, -0.25) is 4.79 Å². The Morgan fingerprint density at radius 2 is 2.12 bits per heavy atom. The highest BCUT2D eigenvalue weighted by Gasteiger charge is 2.27. The minimum absolute atomic E-state index is 0.0336. The summed E-state index contributed by atoms with van der Waals surface area (Å²) in [7, 11) is 0. The third-order valence-electron chi connectivity index (χ3n) is 3.80. The fourth-order valence-corrected chi connectivity index (χ4v) is 2.80. The first kappa shape index (κ1) is 11.9. The Balaban J connectivity index is 1.77. The van der Waals surface area contributed by atoms with Gasteiger partial charge in [0, 0.05) is 6.54 Å². The third-order valence-corrected chi connectivity index (χ3v) is 3.80. The van der Waals surface area contributed by atoms with Crippen molar-refractivity contribution in [1.29, 1.82) is 0 Å². The first-order valence-corrected chi connectivity index (χ1v) is 6.67. The number of rotatable bonds is 2. The summed E-state index contributed by atoms with van der Waals surface area (Å²) in [6.07, 6.45) is 6.91. The second-order valence-corrected chi connectivity index (χ2v) is 5.37. The van der Waals surface area contributed by atoms with Gasteiger partial charge in [0.2, 0.25) is 0 Å². The van der Waals surface area contributed by atoms with Gasteiger partial charge >= 0.3 is 5.97 Å². The molecule has 0 aromatic carbocycles. The monoisotopic (exact) mass is 225 g/mol. The summed E-state index contributed by atoms with van der Waals surface area (Å²) < 4.78 is 5.62. The third kappa shape index (κ3) is 3.21. The molecule has 16 heavy (non-hydrogen) atoms. The van der Waals surface area contributed by atoms with Crippen LogP contribution in [0.2, 0.25) is 0 Å². The first-order valence-electron chi connectivity index (χ1n) is 6.67. The van der Waals surface area contributed by atoms with Crippen LogP contribution in [0, 0.1) is 11.8 Å². The maximum Gasteiger partial charge on any atom is 0.310 e. The van der Waals surface area contributed by atoms with Gasteiger partial charge in [0.25, 0.3) is 0 Å². The van der Waals surface area contributed by atoms with Crippen molar-refractivity contribution in [1.82, 2.24) is 5.32 Å². The van der Waals surface area contributed by atoms with E-state index in [9.17, 15) is 4.79 Å². The van der Waals surface area contributed by atoms with Gasteiger partial charge in [0.1, 0.15) is 6.10 Å². The highest BCUT2D eigenvalue weighted by molar-refractivity contribution is 5.73. The van der Waals surface area contributed by atoms with Gasteiger partial charge in [0.15, 0.2) is 0 Å². The maximum absolute atomic E-state index is 11.9. The van der Waals surface area contributed by atoms with Crippen molar-refractivity contribution in [3.8, 4) is 0 Å². The maximum atomic E-state index is 11.9. The van der Waals surface area contributed by atoms with Crippen molar-refractivity contribution in [3.63, 3.8) is 0 Å². The summed E-state index contributed by atoms with van der Waals surface area (Å²) in [5, 5.41) is 3.26. The molecule has 0 amide bonds. The minimum atomic E-state index is 0.0336. The molecule has 3 atom stereocenters. The van der Waals surface area contributed by atoms with Crippen molar-refractivity contribution in [2.45, 2.75) is 51.6 Å². The normalized spacial score (nSPS) is 35.7. The predicted octanol–water partition coefficient (Wildman–Crippen LogP) is 2.11. The predicted molar refractivity (Wildman–Crippen MR) is 63.1 cm³/mol. The molecular weight excluding hydrogens is 202 g/mol. The smallest absolute Gasteiger partial charge is 0.310 e. The molecule has 0 aromatic rings. The lowest BCUT2D eigenvalue weighted by atomic mass is 9.88. The molecule has 2 rings (SSSR count). The van der Waals surface area contributed by atoms with Gasteiger partial charge < -0.3 is 10.1 Å². The lowest BCUT2D eigenvalue weighted by molar-refractivity contribution is -0.156. The SMILES string of the molecule is CC1CCCC(OC(=O)[C@H]2CCCNC2)C1. The Morgan fingerprint density at radius 1 is 1.25 bits per heavy atom. The molecule has 1 saturated carbocycles. The average Bonchev–Trinajstić information content (AvgIpc) is 2.30. The minimum Gasteiger partial charge on any atom is -0.462 e. The van der Waals surface area contributed by atoms with E-state index in [2.05, 4.69) is 12.2 Å². The second-order valence-electron chi connectivity index (χ2n) is 5.37. The van der Waals surface area contributed by atoms with Crippen LogP contribution >= 0.6 is 0 Å². The zero-order chi connectivity index (χ0) is 11.4. The summed E-state index contributed by atoms with van der Waals surface area (Å²) >= 11 is 0. The lowest BCUT2D eigenvalue weighted by Crippen LogP contribution is -2.37. The van der Waals surface area contributed by atoms with Crippen molar-refractivity contribution in [2.24, 2.45) is 11.8 Å². The number of hydrogen-bond donors (Lipinski definition) is 1. The summed E-state index contributed by atoms with van der Waals surface area (Å²) in [5.41, 5.74) is 0. The molecule has 0 aromatic heterocycles. The first-order chi connectivity index (χ1) is 7.75. The highest BCUT2D eigenvalue weighted by Crippen LogP contribution is 2.26. The quantitative estimate of drug-likeness (QED) is 0.731. The van der Waals surface area contributed by atoms with Gasteiger partial charge in [-0.25, -0.2) is 0 Å². The molecule has 92 valence electrons. The van der Waals surface area contributed by atoms with E-state index in [1.165, 1.54) is 12.8 Å². The molecule has 0 bridgehead atoms. The zero-order valence-electron chi connectivity index (χ0n) is 10.2. The molecule has 1 aliphatic carbocycles. The van der Waals surface area contributed by atoms with Crippen LogP contribution in [0.25, 0.3) is 0 Å². The fourth-order valence-electron chi connectivity index (χ4n) is 2.80. The van der Waals surface area contributed by atoms with Gasteiger partial charge in [-0.2, -0.15) is 0 Å². The number of piperidine rings is 1. The molecule has 1 aliphatic heterocycles. The van der Waals surface area contributed by atoms with Crippen molar-refractivity contribution in [3.05, 3.63) is 0 Å². The van der Waals surface area contributed by atoms with Crippen LogP contribution in [-0.4, -0.2) is 25.2 Å². The van der Waals surface area contributed by atoms with E-state index >= 15 is 0 Å². The van der Waals surface area contributed by atoms with E-state index in [0.717, 1.165) is 44.7 Å². The van der Waals surface area contributed by atoms with Crippen molar-refractivity contribution >= 4 is 5.97 Å². The van der Waals surface area contributed by atoms with Crippen LogP contribution < -0.4 is 5.32 Å². The number of nitrogens with one attached hydrogen (secondary N) is 1. The summed E-state index contributed by atoms with van der Waals surface area (Å²) in [4.78, 5) is 11.9. The van der Waals surface area contributed by atoms with Crippen molar-refractivity contribution in [2.75, 3.05) is 13.1 Å². The second kappa shape index (κ2) is 5.67. The molecule has 2 unspecified atom stereocenters. The van der Waals surface area contributed by atoms with E-state index in [4.69, 9.17) is 4.74 Å². The molecule has 3 heteroatoms. The molecular formula is C13H23NO2. The molecule has 1 saturated heterocycles. The zero-order valence-corrected chi connectivity index (χ0v) is 10.2. The lowest BCUT2D eigenvalue weighted by Gasteiger charge is -2.29. The van der Waals surface area contributed by atoms with E-state index < -0.39 is 0 Å². The number of ether oxygens (including phenoxy) is 1. The van der Waals surface area contributed by atoms with Gasteiger partial charge in [-0.1, -0.05) is 13.3 Å². The topological polar surface area (TPSA) is 38.3 Å². The van der Waals surface area contributed by atoms with Gasteiger partial charge in [0.05, 0.1) is 5.92 Å². The average molecular weight is 225 g/mol. The largest absolute Gasteiger partial charge is 0.462 e. The van der Waals surface area contributed by atoms with Gasteiger partial charge in [-0.15, -0.1) is 0 Å². The van der Waals surface area contributed by atoms with Crippen molar-refractivity contribution < 1.29 is 9.53 Å². The van der Waals surface area contributed by atoms with Gasteiger partial charge in [-0.05, 0) is 44.6 Å². The van der Waals surface area contributed by atoms with Crippen LogP contribution in [0.5, 0.6) is 0 Å². The van der Waals surface area contributed by atoms with E-state index in [1.54, 1.807) is 0 Å². The molecule has 2 fully saturated rings.